The first-order valence-electron chi connectivity index (χ1n) is 9.99. The highest BCUT2D eigenvalue weighted by atomic mass is 16.4. The van der Waals surface area contributed by atoms with Crippen LogP contribution in [-0.4, -0.2) is 27.6 Å². The fraction of sp³-hybridized carbons (Fsp3) is 0.810. The Morgan fingerprint density at radius 3 is 2.48 bits per heavy atom. The molecule has 4 nitrogen and oxygen atoms in total. The summed E-state index contributed by atoms with van der Waals surface area (Å²) in [5.41, 5.74) is -0.883. The third kappa shape index (κ3) is 7.31. The van der Waals surface area contributed by atoms with Crippen molar-refractivity contribution in [3.8, 4) is 0 Å². The van der Waals surface area contributed by atoms with Crippen LogP contribution in [0.5, 0.6) is 0 Å². The summed E-state index contributed by atoms with van der Waals surface area (Å²) < 4.78 is 0. The van der Waals surface area contributed by atoms with Crippen LogP contribution in [0, 0.1) is 17.8 Å². The van der Waals surface area contributed by atoms with E-state index in [0.29, 0.717) is 25.7 Å². The Morgan fingerprint density at radius 2 is 1.88 bits per heavy atom. The summed E-state index contributed by atoms with van der Waals surface area (Å²) in [6.07, 6.45) is 12.2. The Morgan fingerprint density at radius 1 is 1.24 bits per heavy atom. The first kappa shape index (κ1) is 21.9. The molecule has 0 spiro atoms. The van der Waals surface area contributed by atoms with E-state index >= 15 is 0 Å². The van der Waals surface area contributed by atoms with Crippen LogP contribution in [0.4, 0.5) is 0 Å². The first-order valence-corrected chi connectivity index (χ1v) is 9.99. The van der Waals surface area contributed by atoms with Crippen molar-refractivity contribution in [2.45, 2.75) is 90.6 Å². The van der Waals surface area contributed by atoms with E-state index in [1.807, 2.05) is 6.08 Å². The molecule has 0 aromatic heterocycles. The molecular formula is C21H36O4. The van der Waals surface area contributed by atoms with Crippen LogP contribution >= 0.6 is 0 Å². The van der Waals surface area contributed by atoms with Crippen molar-refractivity contribution in [1.82, 2.24) is 0 Å². The number of unbranched alkanes of at least 4 members (excludes halogenated alkanes) is 4. The molecule has 0 radical (unpaired) electrons. The minimum atomic E-state index is -0.883. The van der Waals surface area contributed by atoms with E-state index in [1.165, 1.54) is 0 Å². The molecule has 0 aromatic carbocycles. The maximum atomic E-state index is 12.3. The smallest absolute Gasteiger partial charge is 0.307 e. The minimum Gasteiger partial charge on any atom is -0.481 e. The van der Waals surface area contributed by atoms with Gasteiger partial charge in [-0.3, -0.25) is 9.59 Å². The summed E-state index contributed by atoms with van der Waals surface area (Å²) >= 11 is 0. The van der Waals surface area contributed by atoms with Crippen LogP contribution in [0.3, 0.4) is 0 Å². The molecule has 1 fully saturated rings. The number of carbonyl (C=O) groups is 2. The summed E-state index contributed by atoms with van der Waals surface area (Å²) in [6.45, 7) is 6.01. The van der Waals surface area contributed by atoms with Crippen LogP contribution in [0.1, 0.15) is 85.0 Å². The first-order chi connectivity index (χ1) is 11.8. The highest BCUT2D eigenvalue weighted by molar-refractivity contribution is 5.88. The molecule has 4 heteroatoms. The predicted octanol–water partition coefficient (Wildman–Crippen LogP) is 4.75. The SMILES string of the molecule is CCCCCC(C(=O)O)[C@@H]1C(=O)CC[C@@H]1C=CC(C)(O)CCCCC. The van der Waals surface area contributed by atoms with E-state index in [4.69, 9.17) is 0 Å². The van der Waals surface area contributed by atoms with E-state index in [1.54, 1.807) is 13.0 Å². The van der Waals surface area contributed by atoms with Gasteiger partial charge in [0.1, 0.15) is 5.78 Å². The molecule has 1 aliphatic rings. The molecule has 0 heterocycles. The topological polar surface area (TPSA) is 74.6 Å². The Labute approximate surface area is 152 Å². The number of ketones is 1. The molecule has 4 atom stereocenters. The zero-order valence-corrected chi connectivity index (χ0v) is 16.2. The van der Waals surface area contributed by atoms with Gasteiger partial charge < -0.3 is 10.2 Å². The molecule has 2 N–H and O–H groups in total. The lowest BCUT2D eigenvalue weighted by atomic mass is 9.79. The second kappa shape index (κ2) is 10.7. The van der Waals surface area contributed by atoms with Gasteiger partial charge >= 0.3 is 5.97 Å². The molecule has 1 aliphatic carbocycles. The second-order valence-electron chi connectivity index (χ2n) is 7.81. The number of hydrogen-bond donors (Lipinski definition) is 2. The van der Waals surface area contributed by atoms with Crippen molar-refractivity contribution in [3.05, 3.63) is 12.2 Å². The van der Waals surface area contributed by atoms with Gasteiger partial charge in [-0.25, -0.2) is 0 Å². The Balaban J connectivity index is 2.77. The normalized spacial score (nSPS) is 24.6. The van der Waals surface area contributed by atoms with Gasteiger partial charge in [0.2, 0.25) is 0 Å². The van der Waals surface area contributed by atoms with Crippen LogP contribution in [-0.2, 0) is 9.59 Å². The number of carboxylic acids is 1. The zero-order chi connectivity index (χ0) is 18.9. The van der Waals surface area contributed by atoms with E-state index in [9.17, 15) is 19.8 Å². The monoisotopic (exact) mass is 352 g/mol. The number of aliphatic hydroxyl groups is 1. The van der Waals surface area contributed by atoms with Crippen LogP contribution in [0.2, 0.25) is 0 Å². The van der Waals surface area contributed by atoms with E-state index in [-0.39, 0.29) is 11.7 Å². The molecule has 1 saturated carbocycles. The van der Waals surface area contributed by atoms with Gasteiger partial charge in [-0.2, -0.15) is 0 Å². The molecule has 0 bridgehead atoms. The van der Waals surface area contributed by atoms with E-state index in [0.717, 1.165) is 38.5 Å². The number of Topliss-reactive ketones (excluding diaryl/α,β-unsaturated/α-hetero) is 1. The fourth-order valence-corrected chi connectivity index (χ4v) is 3.85. The minimum absolute atomic E-state index is 0.0622. The fourth-order valence-electron chi connectivity index (χ4n) is 3.85. The Bertz CT molecular complexity index is 453. The average Bonchev–Trinajstić information content (AvgIpc) is 2.90. The van der Waals surface area contributed by atoms with Gasteiger partial charge in [0.15, 0.2) is 0 Å². The lowest BCUT2D eigenvalue weighted by Gasteiger charge is -2.24. The van der Waals surface area contributed by atoms with Crippen molar-refractivity contribution < 1.29 is 19.8 Å². The van der Waals surface area contributed by atoms with Crippen LogP contribution in [0.25, 0.3) is 0 Å². The molecule has 0 saturated heterocycles. The Hall–Kier alpha value is -1.16. The molecule has 1 rings (SSSR count). The molecule has 0 aliphatic heterocycles. The lowest BCUT2D eigenvalue weighted by Crippen LogP contribution is -2.31. The summed E-state index contributed by atoms with van der Waals surface area (Å²) in [5, 5.41) is 20.1. The zero-order valence-electron chi connectivity index (χ0n) is 16.2. The molecule has 25 heavy (non-hydrogen) atoms. The number of aliphatic carboxylic acids is 1. The number of rotatable bonds is 12. The van der Waals surface area contributed by atoms with Crippen LogP contribution in [0.15, 0.2) is 12.2 Å². The molecule has 0 amide bonds. The summed E-state index contributed by atoms with van der Waals surface area (Å²) in [7, 11) is 0. The quantitative estimate of drug-likeness (QED) is 0.392. The summed E-state index contributed by atoms with van der Waals surface area (Å²) in [5.74, 6) is -1.88. The standard InChI is InChI=1S/C21H36O4/c1-4-6-8-10-17(20(23)24)19-16(11-12-18(19)22)13-15-21(3,25)14-9-7-5-2/h13,15-17,19,25H,4-12,14H2,1-3H3,(H,23,24)/t16-,17?,19-,21?/m1/s1. The van der Waals surface area contributed by atoms with Crippen molar-refractivity contribution in [2.24, 2.45) is 17.8 Å². The maximum absolute atomic E-state index is 12.3. The summed E-state index contributed by atoms with van der Waals surface area (Å²) in [4.78, 5) is 24.1. The number of carboxylic acid groups (broad SMARTS) is 1. The Kier molecular flexibility index (Phi) is 9.41. The third-order valence-corrected chi connectivity index (χ3v) is 5.42. The molecule has 0 aromatic rings. The van der Waals surface area contributed by atoms with Crippen molar-refractivity contribution in [3.63, 3.8) is 0 Å². The third-order valence-electron chi connectivity index (χ3n) is 5.42. The molecule has 2 unspecified atom stereocenters. The van der Waals surface area contributed by atoms with Gasteiger partial charge in [0.25, 0.3) is 0 Å². The van der Waals surface area contributed by atoms with Crippen molar-refractivity contribution in [1.29, 1.82) is 0 Å². The van der Waals surface area contributed by atoms with Crippen molar-refractivity contribution in [2.75, 3.05) is 0 Å². The van der Waals surface area contributed by atoms with E-state index < -0.39 is 23.4 Å². The summed E-state index contributed by atoms with van der Waals surface area (Å²) in [6, 6.07) is 0. The highest BCUT2D eigenvalue weighted by Gasteiger charge is 2.42. The second-order valence-corrected chi connectivity index (χ2v) is 7.81. The van der Waals surface area contributed by atoms with Crippen molar-refractivity contribution >= 4 is 11.8 Å². The number of carbonyl (C=O) groups excluding carboxylic acids is 1. The van der Waals surface area contributed by atoms with Gasteiger partial charge in [0.05, 0.1) is 11.5 Å². The largest absolute Gasteiger partial charge is 0.481 e. The highest BCUT2D eigenvalue weighted by Crippen LogP contribution is 2.38. The number of allylic oxidation sites excluding steroid dienone is 1. The van der Waals surface area contributed by atoms with Crippen LogP contribution < -0.4 is 0 Å². The van der Waals surface area contributed by atoms with Gasteiger partial charge in [-0.05, 0) is 32.1 Å². The van der Waals surface area contributed by atoms with Gasteiger partial charge in [-0.1, -0.05) is 64.5 Å². The van der Waals surface area contributed by atoms with Gasteiger partial charge in [0, 0.05) is 12.3 Å². The number of hydrogen-bond acceptors (Lipinski definition) is 3. The van der Waals surface area contributed by atoms with Gasteiger partial charge in [-0.15, -0.1) is 0 Å². The lowest BCUT2D eigenvalue weighted by molar-refractivity contribution is -0.147. The van der Waals surface area contributed by atoms with E-state index in [2.05, 4.69) is 13.8 Å². The maximum Gasteiger partial charge on any atom is 0.307 e. The molecule has 144 valence electrons. The molecular weight excluding hydrogens is 316 g/mol. The average molecular weight is 353 g/mol. The predicted molar refractivity (Wildman–Crippen MR) is 100 cm³/mol.